The quantitative estimate of drug-likeness (QED) is 0.755. The normalized spacial score (nSPS) is 23.6. The lowest BCUT2D eigenvalue weighted by Gasteiger charge is -2.43. The summed E-state index contributed by atoms with van der Waals surface area (Å²) in [5.41, 5.74) is 0.00710. The Kier molecular flexibility index (Phi) is 5.22. The average Bonchev–Trinajstić information content (AvgIpc) is 2.75. The first kappa shape index (κ1) is 13.9. The Morgan fingerprint density at radius 1 is 1.31 bits per heavy atom. The Morgan fingerprint density at radius 2 is 1.88 bits per heavy atom. The van der Waals surface area contributed by atoms with Crippen LogP contribution in [0.5, 0.6) is 0 Å². The molecule has 3 nitrogen and oxygen atoms in total. The molecule has 1 saturated carbocycles. The first-order valence-electron chi connectivity index (χ1n) is 6.39. The van der Waals surface area contributed by atoms with Crippen molar-refractivity contribution in [3.8, 4) is 0 Å². The van der Waals surface area contributed by atoms with Gasteiger partial charge in [0.15, 0.2) is 0 Å². The van der Waals surface area contributed by atoms with Crippen LogP contribution in [0.2, 0.25) is 0 Å². The van der Waals surface area contributed by atoms with Gasteiger partial charge in [-0.25, -0.2) is 0 Å². The minimum absolute atomic E-state index is 0.00710. The molecule has 0 radical (unpaired) electrons. The predicted octanol–water partition coefficient (Wildman–Crippen LogP) is 1.89. The second-order valence-corrected chi connectivity index (χ2v) is 5.41. The molecule has 1 aliphatic carbocycles. The van der Waals surface area contributed by atoms with E-state index in [0.717, 1.165) is 25.9 Å². The van der Waals surface area contributed by atoms with Crippen LogP contribution in [0.15, 0.2) is 0 Å². The molecule has 0 aromatic heterocycles. The fourth-order valence-electron chi connectivity index (χ4n) is 2.99. The third-order valence-corrected chi connectivity index (χ3v) is 4.23. The van der Waals surface area contributed by atoms with Gasteiger partial charge in [-0.05, 0) is 39.3 Å². The van der Waals surface area contributed by atoms with Crippen LogP contribution in [0, 0.1) is 5.92 Å². The molecule has 0 spiro atoms. The molecule has 2 atom stereocenters. The lowest BCUT2D eigenvalue weighted by atomic mass is 9.81. The third kappa shape index (κ3) is 2.76. The molecule has 2 unspecified atom stereocenters. The highest BCUT2D eigenvalue weighted by molar-refractivity contribution is 5.00. The molecule has 96 valence electrons. The summed E-state index contributed by atoms with van der Waals surface area (Å²) in [6, 6.07) is 0. The molecule has 0 heterocycles. The van der Waals surface area contributed by atoms with Crippen molar-refractivity contribution in [3.05, 3.63) is 0 Å². The fourth-order valence-corrected chi connectivity index (χ4v) is 2.99. The van der Waals surface area contributed by atoms with Gasteiger partial charge in [-0.15, -0.1) is 0 Å². The lowest BCUT2D eigenvalue weighted by Crippen LogP contribution is -2.54. The van der Waals surface area contributed by atoms with Crippen LogP contribution in [-0.4, -0.2) is 49.5 Å². The molecule has 1 N–H and O–H groups in total. The second kappa shape index (κ2) is 5.99. The van der Waals surface area contributed by atoms with Gasteiger partial charge in [-0.3, -0.25) is 0 Å². The highest BCUT2D eigenvalue weighted by Crippen LogP contribution is 2.39. The standard InChI is InChI=1S/C13H27NO2/c1-11(7-10-16-4)12(15)13(14(2)3)8-5-6-9-13/h11-12,15H,5-10H2,1-4H3. The summed E-state index contributed by atoms with van der Waals surface area (Å²) < 4.78 is 5.09. The van der Waals surface area contributed by atoms with E-state index in [-0.39, 0.29) is 11.6 Å². The number of hydrogen-bond donors (Lipinski definition) is 1. The molecule has 0 aromatic carbocycles. The molecule has 1 aliphatic rings. The van der Waals surface area contributed by atoms with Gasteiger partial charge in [-0.2, -0.15) is 0 Å². The largest absolute Gasteiger partial charge is 0.391 e. The number of nitrogens with zero attached hydrogens (tertiary/aromatic N) is 1. The maximum absolute atomic E-state index is 10.6. The molecule has 3 heteroatoms. The van der Waals surface area contributed by atoms with Gasteiger partial charge in [0, 0.05) is 19.3 Å². The summed E-state index contributed by atoms with van der Waals surface area (Å²) in [5.74, 6) is 0.306. The van der Waals surface area contributed by atoms with Crippen molar-refractivity contribution in [3.63, 3.8) is 0 Å². The zero-order valence-electron chi connectivity index (χ0n) is 11.2. The first-order valence-corrected chi connectivity index (χ1v) is 6.39. The topological polar surface area (TPSA) is 32.7 Å². The monoisotopic (exact) mass is 229 g/mol. The second-order valence-electron chi connectivity index (χ2n) is 5.41. The van der Waals surface area contributed by atoms with E-state index in [1.807, 2.05) is 0 Å². The minimum atomic E-state index is -0.236. The van der Waals surface area contributed by atoms with Crippen LogP contribution in [0.25, 0.3) is 0 Å². The van der Waals surface area contributed by atoms with Crippen LogP contribution < -0.4 is 0 Å². The van der Waals surface area contributed by atoms with Crippen molar-refractivity contribution in [1.29, 1.82) is 0 Å². The van der Waals surface area contributed by atoms with E-state index in [1.54, 1.807) is 7.11 Å². The SMILES string of the molecule is COCCC(C)C(O)C1(N(C)C)CCCC1. The van der Waals surface area contributed by atoms with E-state index in [2.05, 4.69) is 25.9 Å². The zero-order valence-corrected chi connectivity index (χ0v) is 11.2. The number of aliphatic hydroxyl groups is 1. The molecule has 16 heavy (non-hydrogen) atoms. The van der Waals surface area contributed by atoms with Gasteiger partial charge >= 0.3 is 0 Å². The summed E-state index contributed by atoms with van der Waals surface area (Å²) in [6.07, 6.45) is 5.43. The highest BCUT2D eigenvalue weighted by atomic mass is 16.5. The maximum atomic E-state index is 10.6. The minimum Gasteiger partial charge on any atom is -0.391 e. The molecule has 1 rings (SSSR count). The molecule has 0 aliphatic heterocycles. The lowest BCUT2D eigenvalue weighted by molar-refractivity contribution is -0.0404. The summed E-state index contributed by atoms with van der Waals surface area (Å²) in [7, 11) is 5.91. The number of methoxy groups -OCH3 is 1. The first-order chi connectivity index (χ1) is 7.54. The van der Waals surface area contributed by atoms with Crippen LogP contribution in [-0.2, 0) is 4.74 Å². The number of hydrogen-bond acceptors (Lipinski definition) is 3. The summed E-state index contributed by atoms with van der Waals surface area (Å²) in [6.45, 7) is 2.87. The third-order valence-electron chi connectivity index (χ3n) is 4.23. The van der Waals surface area contributed by atoms with Crippen molar-refractivity contribution in [1.82, 2.24) is 4.90 Å². The molecular formula is C13H27NO2. The summed E-state index contributed by atoms with van der Waals surface area (Å²) in [4.78, 5) is 2.23. The molecule has 1 fully saturated rings. The van der Waals surface area contributed by atoms with Crippen molar-refractivity contribution in [2.24, 2.45) is 5.92 Å². The molecule has 0 bridgehead atoms. The van der Waals surface area contributed by atoms with Crippen LogP contribution >= 0.6 is 0 Å². The fraction of sp³-hybridized carbons (Fsp3) is 1.00. The van der Waals surface area contributed by atoms with E-state index < -0.39 is 0 Å². The Hall–Kier alpha value is -0.120. The van der Waals surface area contributed by atoms with Gasteiger partial charge in [0.25, 0.3) is 0 Å². The summed E-state index contributed by atoms with van der Waals surface area (Å²) in [5, 5.41) is 10.6. The van der Waals surface area contributed by atoms with Crippen molar-refractivity contribution in [2.75, 3.05) is 27.8 Å². The highest BCUT2D eigenvalue weighted by Gasteiger charge is 2.44. The molecule has 0 amide bonds. The van der Waals surface area contributed by atoms with Gasteiger partial charge < -0.3 is 14.7 Å². The van der Waals surface area contributed by atoms with E-state index in [0.29, 0.717) is 5.92 Å². The zero-order chi connectivity index (χ0) is 12.2. The Morgan fingerprint density at radius 3 is 2.31 bits per heavy atom. The van der Waals surface area contributed by atoms with Crippen molar-refractivity contribution in [2.45, 2.75) is 50.7 Å². The van der Waals surface area contributed by atoms with Crippen molar-refractivity contribution < 1.29 is 9.84 Å². The number of likely N-dealkylation sites (N-methyl/N-ethyl adjacent to an activating group) is 1. The Bertz CT molecular complexity index is 200. The van der Waals surface area contributed by atoms with E-state index >= 15 is 0 Å². The maximum Gasteiger partial charge on any atom is 0.0749 e. The van der Waals surface area contributed by atoms with Gasteiger partial charge in [-0.1, -0.05) is 19.8 Å². The van der Waals surface area contributed by atoms with Gasteiger partial charge in [0.1, 0.15) is 0 Å². The van der Waals surface area contributed by atoms with Crippen LogP contribution in [0.1, 0.15) is 39.0 Å². The number of rotatable bonds is 6. The van der Waals surface area contributed by atoms with E-state index in [1.165, 1.54) is 12.8 Å². The number of aliphatic hydroxyl groups excluding tert-OH is 1. The van der Waals surface area contributed by atoms with E-state index in [4.69, 9.17) is 4.74 Å². The van der Waals surface area contributed by atoms with E-state index in [9.17, 15) is 5.11 Å². The van der Waals surface area contributed by atoms with Crippen LogP contribution in [0.3, 0.4) is 0 Å². The molecular weight excluding hydrogens is 202 g/mol. The molecule has 0 saturated heterocycles. The molecule has 0 aromatic rings. The average molecular weight is 229 g/mol. The number of ether oxygens (including phenoxy) is 1. The summed E-state index contributed by atoms with van der Waals surface area (Å²) >= 11 is 0. The Balaban J connectivity index is 2.63. The van der Waals surface area contributed by atoms with Gasteiger partial charge in [0.05, 0.1) is 6.10 Å². The van der Waals surface area contributed by atoms with Crippen LogP contribution in [0.4, 0.5) is 0 Å². The smallest absolute Gasteiger partial charge is 0.0749 e. The van der Waals surface area contributed by atoms with Gasteiger partial charge in [0.2, 0.25) is 0 Å². The van der Waals surface area contributed by atoms with Crippen molar-refractivity contribution >= 4 is 0 Å². The Labute approximate surface area is 99.8 Å². The predicted molar refractivity (Wildman–Crippen MR) is 66.5 cm³/mol.